The average Bonchev–Trinajstić information content (AvgIpc) is 2.67. The fourth-order valence-electron chi connectivity index (χ4n) is 3.91. The summed E-state index contributed by atoms with van der Waals surface area (Å²) in [4.78, 5) is 24.2. The molecule has 0 spiro atoms. The van der Waals surface area contributed by atoms with Crippen LogP contribution in [0.2, 0.25) is 0 Å². The van der Waals surface area contributed by atoms with Gasteiger partial charge in [0.05, 0.1) is 6.04 Å². The summed E-state index contributed by atoms with van der Waals surface area (Å²) in [5.41, 5.74) is 8.10. The lowest BCUT2D eigenvalue weighted by Crippen LogP contribution is -2.43. The van der Waals surface area contributed by atoms with Crippen LogP contribution in [-0.2, 0) is 11.8 Å². The molecule has 1 saturated carbocycles. The molecule has 3 N–H and O–H groups in total. The van der Waals surface area contributed by atoms with Crippen LogP contribution in [0.5, 0.6) is 0 Å². The highest BCUT2D eigenvalue weighted by molar-refractivity contribution is 5.95. The van der Waals surface area contributed by atoms with Crippen molar-refractivity contribution in [3.63, 3.8) is 0 Å². The van der Waals surface area contributed by atoms with E-state index in [9.17, 15) is 14.0 Å². The molecule has 1 amide bonds. The minimum Gasteiger partial charge on any atom is -0.325 e. The lowest BCUT2D eigenvalue weighted by molar-refractivity contribution is -0.118. The van der Waals surface area contributed by atoms with Crippen LogP contribution < -0.4 is 16.6 Å². The van der Waals surface area contributed by atoms with Gasteiger partial charge in [0.25, 0.3) is 0 Å². The zero-order valence-electron chi connectivity index (χ0n) is 16.7. The molecule has 1 aromatic carbocycles. The molecular weight excluding hydrogens is 357 g/mol. The first-order valence-corrected chi connectivity index (χ1v) is 9.81. The van der Waals surface area contributed by atoms with E-state index in [1.807, 2.05) is 0 Å². The molecule has 2 aromatic rings. The Hall–Kier alpha value is -2.47. The topological polar surface area (TPSA) is 77.1 Å². The van der Waals surface area contributed by atoms with Crippen molar-refractivity contribution in [3.8, 4) is 11.1 Å². The number of benzene rings is 1. The van der Waals surface area contributed by atoms with E-state index in [0.29, 0.717) is 28.4 Å². The smallest absolute Gasteiger partial charge is 0.250 e. The highest BCUT2D eigenvalue weighted by Crippen LogP contribution is 2.31. The number of carbonyl (C=O) groups excluding carboxylic acids is 1. The number of pyridine rings is 1. The Balaban J connectivity index is 1.75. The van der Waals surface area contributed by atoms with Crippen LogP contribution in [0.15, 0.2) is 35.1 Å². The van der Waals surface area contributed by atoms with Gasteiger partial charge in [0.15, 0.2) is 0 Å². The lowest BCUT2D eigenvalue weighted by atomic mass is 9.79. The fourth-order valence-corrected chi connectivity index (χ4v) is 3.91. The maximum atomic E-state index is 14.7. The minimum absolute atomic E-state index is 0.142. The first-order chi connectivity index (χ1) is 13.3. The summed E-state index contributed by atoms with van der Waals surface area (Å²) in [5, 5.41) is 2.75. The summed E-state index contributed by atoms with van der Waals surface area (Å²) in [6.07, 6.45) is 4.09. The van der Waals surface area contributed by atoms with E-state index < -0.39 is 11.9 Å². The van der Waals surface area contributed by atoms with Gasteiger partial charge in [-0.15, -0.1) is 0 Å². The van der Waals surface area contributed by atoms with Gasteiger partial charge in [-0.25, -0.2) is 4.39 Å². The van der Waals surface area contributed by atoms with Gasteiger partial charge in [-0.1, -0.05) is 19.8 Å². The van der Waals surface area contributed by atoms with Crippen LogP contribution in [0.3, 0.4) is 0 Å². The van der Waals surface area contributed by atoms with Gasteiger partial charge in [0, 0.05) is 35.6 Å². The van der Waals surface area contributed by atoms with Crippen molar-refractivity contribution in [1.82, 2.24) is 4.57 Å². The van der Waals surface area contributed by atoms with Crippen LogP contribution in [0.25, 0.3) is 11.1 Å². The number of carbonyl (C=O) groups is 1. The van der Waals surface area contributed by atoms with Gasteiger partial charge < -0.3 is 15.6 Å². The van der Waals surface area contributed by atoms with E-state index in [2.05, 4.69) is 12.2 Å². The summed E-state index contributed by atoms with van der Waals surface area (Å²) in [6.45, 7) is 3.99. The summed E-state index contributed by atoms with van der Waals surface area (Å²) in [7, 11) is 1.65. The van der Waals surface area contributed by atoms with Crippen LogP contribution >= 0.6 is 0 Å². The number of amides is 1. The molecule has 1 heterocycles. The fraction of sp³-hybridized carbons (Fsp3) is 0.455. The molecule has 1 unspecified atom stereocenters. The Labute approximate surface area is 164 Å². The standard InChI is InChI=1S/C22H28FN3O2/c1-13-4-6-15(7-5-13)21(24)22(28)25-16-8-9-18(19(23)12-16)17-10-11-20(27)26(3)14(17)2/h8-13,15,21H,4-7,24H2,1-3H3,(H,25,28). The van der Waals surface area contributed by atoms with E-state index in [-0.39, 0.29) is 17.4 Å². The number of halogens is 1. The zero-order valence-corrected chi connectivity index (χ0v) is 16.7. The normalized spacial score (nSPS) is 20.6. The number of nitrogens with zero attached hydrogens (tertiary/aromatic N) is 1. The quantitative estimate of drug-likeness (QED) is 0.844. The molecule has 0 saturated heterocycles. The highest BCUT2D eigenvalue weighted by atomic mass is 19.1. The third-order valence-electron chi connectivity index (χ3n) is 6.01. The van der Waals surface area contributed by atoms with Crippen molar-refractivity contribution >= 4 is 11.6 Å². The van der Waals surface area contributed by atoms with E-state index in [1.54, 1.807) is 32.2 Å². The Morgan fingerprint density at radius 3 is 2.46 bits per heavy atom. The van der Waals surface area contributed by atoms with Crippen molar-refractivity contribution in [1.29, 1.82) is 0 Å². The summed E-state index contributed by atoms with van der Waals surface area (Å²) >= 11 is 0. The Morgan fingerprint density at radius 2 is 1.82 bits per heavy atom. The van der Waals surface area contributed by atoms with Gasteiger partial charge in [-0.05, 0) is 55.9 Å². The maximum Gasteiger partial charge on any atom is 0.250 e. The van der Waals surface area contributed by atoms with Gasteiger partial charge in [-0.3, -0.25) is 9.59 Å². The third-order valence-corrected chi connectivity index (χ3v) is 6.01. The second kappa shape index (κ2) is 8.27. The third kappa shape index (κ3) is 4.17. The Bertz CT molecular complexity index is 930. The monoisotopic (exact) mass is 385 g/mol. The van der Waals surface area contributed by atoms with Gasteiger partial charge in [-0.2, -0.15) is 0 Å². The van der Waals surface area contributed by atoms with Crippen molar-refractivity contribution in [2.24, 2.45) is 24.6 Å². The van der Waals surface area contributed by atoms with Crippen molar-refractivity contribution < 1.29 is 9.18 Å². The second-order valence-corrected chi connectivity index (χ2v) is 7.96. The van der Waals surface area contributed by atoms with E-state index >= 15 is 0 Å². The number of nitrogens with one attached hydrogen (secondary N) is 1. The Kier molecular flexibility index (Phi) is 5.98. The van der Waals surface area contributed by atoms with Gasteiger partial charge in [0.1, 0.15) is 5.82 Å². The highest BCUT2D eigenvalue weighted by Gasteiger charge is 2.28. The van der Waals surface area contributed by atoms with E-state index in [0.717, 1.165) is 25.7 Å². The van der Waals surface area contributed by atoms with E-state index in [1.165, 1.54) is 16.7 Å². The largest absolute Gasteiger partial charge is 0.325 e. The maximum absolute atomic E-state index is 14.7. The second-order valence-electron chi connectivity index (χ2n) is 7.96. The number of hydrogen-bond donors (Lipinski definition) is 2. The molecule has 1 atom stereocenters. The van der Waals surface area contributed by atoms with Crippen molar-refractivity contribution in [2.75, 3.05) is 5.32 Å². The molecule has 1 aliphatic rings. The molecule has 1 aliphatic carbocycles. The van der Waals surface area contributed by atoms with Crippen LogP contribution in [0.4, 0.5) is 10.1 Å². The first-order valence-electron chi connectivity index (χ1n) is 9.81. The molecule has 0 radical (unpaired) electrons. The molecule has 28 heavy (non-hydrogen) atoms. The summed E-state index contributed by atoms with van der Waals surface area (Å²) < 4.78 is 16.2. The number of anilines is 1. The molecule has 150 valence electrons. The summed E-state index contributed by atoms with van der Waals surface area (Å²) in [6, 6.07) is 7.03. The van der Waals surface area contributed by atoms with Gasteiger partial charge >= 0.3 is 0 Å². The van der Waals surface area contributed by atoms with E-state index in [4.69, 9.17) is 5.73 Å². The molecule has 3 rings (SSSR count). The lowest BCUT2D eigenvalue weighted by Gasteiger charge is -2.29. The Morgan fingerprint density at radius 1 is 1.18 bits per heavy atom. The zero-order chi connectivity index (χ0) is 20.4. The molecule has 0 bridgehead atoms. The first kappa shape index (κ1) is 20.3. The number of hydrogen-bond acceptors (Lipinski definition) is 3. The van der Waals surface area contributed by atoms with Crippen LogP contribution in [-0.4, -0.2) is 16.5 Å². The SMILES string of the molecule is Cc1c(-c2ccc(NC(=O)C(N)C3CCC(C)CC3)cc2F)ccc(=O)n1C. The minimum atomic E-state index is -0.582. The number of nitrogens with two attached hydrogens (primary N) is 1. The summed E-state index contributed by atoms with van der Waals surface area (Å²) in [5.74, 6) is 0.132. The molecule has 1 aromatic heterocycles. The molecule has 5 nitrogen and oxygen atoms in total. The van der Waals surface area contributed by atoms with Crippen LogP contribution in [0, 0.1) is 24.6 Å². The number of rotatable bonds is 4. The van der Waals surface area contributed by atoms with Crippen molar-refractivity contribution in [2.45, 2.75) is 45.6 Å². The molecule has 0 aliphatic heterocycles. The predicted molar refractivity (Wildman–Crippen MR) is 110 cm³/mol. The average molecular weight is 385 g/mol. The van der Waals surface area contributed by atoms with Crippen LogP contribution in [0.1, 0.15) is 38.3 Å². The van der Waals surface area contributed by atoms with Gasteiger partial charge in [0.2, 0.25) is 11.5 Å². The predicted octanol–water partition coefficient (Wildman–Crippen LogP) is 3.59. The molecule has 6 heteroatoms. The molecular formula is C22H28FN3O2. The van der Waals surface area contributed by atoms with Crippen molar-refractivity contribution in [3.05, 3.63) is 52.2 Å². The molecule has 1 fully saturated rings. The number of aromatic nitrogens is 1.